The molecule has 0 fully saturated rings. The first-order valence-electron chi connectivity index (χ1n) is 9.50. The first-order chi connectivity index (χ1) is 13.7. The average Bonchev–Trinajstić information content (AvgIpc) is 2.80. The van der Waals surface area contributed by atoms with Crippen LogP contribution in [-0.2, 0) is 6.42 Å². The molecule has 0 aliphatic heterocycles. The van der Waals surface area contributed by atoms with Crippen molar-refractivity contribution in [1.29, 1.82) is 0 Å². The van der Waals surface area contributed by atoms with Crippen molar-refractivity contribution >= 4 is 33.1 Å². The van der Waals surface area contributed by atoms with E-state index >= 15 is 0 Å². The van der Waals surface area contributed by atoms with Crippen molar-refractivity contribution in [3.8, 4) is 0 Å². The number of aromatic nitrogens is 1. The van der Waals surface area contributed by atoms with Gasteiger partial charge in [0.05, 0.1) is 0 Å². The van der Waals surface area contributed by atoms with E-state index in [-0.39, 0.29) is 0 Å². The summed E-state index contributed by atoms with van der Waals surface area (Å²) in [7, 11) is 0. The number of aryl methyl sites for hydroxylation is 1. The van der Waals surface area contributed by atoms with Crippen LogP contribution in [0.3, 0.4) is 0 Å². The van der Waals surface area contributed by atoms with Crippen molar-refractivity contribution in [2.45, 2.75) is 6.42 Å². The summed E-state index contributed by atoms with van der Waals surface area (Å²) in [5.41, 5.74) is 1.21. The van der Waals surface area contributed by atoms with E-state index in [1.807, 2.05) is 18.5 Å². The quantitative estimate of drug-likeness (QED) is 0.398. The normalized spacial score (nSPS) is 12.8. The van der Waals surface area contributed by atoms with Crippen LogP contribution in [0.2, 0.25) is 0 Å². The van der Waals surface area contributed by atoms with E-state index in [2.05, 4.69) is 102 Å². The molecular weight excluding hydrogens is 381 g/mol. The van der Waals surface area contributed by atoms with E-state index in [0.717, 1.165) is 12.6 Å². The van der Waals surface area contributed by atoms with Crippen molar-refractivity contribution in [3.05, 3.63) is 121 Å². The van der Waals surface area contributed by atoms with Crippen LogP contribution in [0.25, 0.3) is 0 Å². The first-order valence-corrected chi connectivity index (χ1v) is 12.8. The third kappa shape index (κ3) is 3.26. The van der Waals surface area contributed by atoms with Gasteiger partial charge in [-0.15, -0.1) is 0 Å². The van der Waals surface area contributed by atoms with Crippen molar-refractivity contribution in [2.24, 2.45) is 0 Å². The molecule has 0 saturated carbocycles. The van der Waals surface area contributed by atoms with Gasteiger partial charge in [0.2, 0.25) is 0 Å². The van der Waals surface area contributed by atoms with E-state index in [9.17, 15) is 0 Å². The van der Waals surface area contributed by atoms with Crippen LogP contribution in [0.1, 0.15) is 5.56 Å². The third-order valence-electron chi connectivity index (χ3n) is 5.43. The Balaban J connectivity index is 1.98. The summed E-state index contributed by atoms with van der Waals surface area (Å²) < 4.78 is 0. The molecule has 0 atom stereocenters. The zero-order valence-corrected chi connectivity index (χ0v) is 17.3. The molecule has 4 rings (SSSR count). The van der Waals surface area contributed by atoms with Gasteiger partial charge >= 0.3 is 172 Å². The maximum absolute atomic E-state index is 8.03. The van der Waals surface area contributed by atoms with E-state index in [0.29, 0.717) is 0 Å². The number of hydrogen-bond acceptors (Lipinski definition) is 1. The first kappa shape index (κ1) is 18.9. The average molecular weight is 404 g/mol. The molecule has 0 aliphatic carbocycles. The number of benzene rings is 3. The number of halogens is 1. The molecule has 140 valence electrons. The molecule has 0 amide bonds. The number of rotatable bonds is 6. The van der Waals surface area contributed by atoms with Gasteiger partial charge in [-0.2, -0.15) is 0 Å². The second-order valence-corrected chi connectivity index (χ2v) is 13.6. The molecule has 0 saturated heterocycles. The summed E-state index contributed by atoms with van der Waals surface area (Å²) >= 11 is 8.03. The number of hydrogen-bond donors (Lipinski definition) is 0. The van der Waals surface area contributed by atoms with Crippen LogP contribution >= 0.6 is 17.2 Å². The second kappa shape index (κ2) is 7.87. The molecule has 28 heavy (non-hydrogen) atoms. The summed E-state index contributed by atoms with van der Waals surface area (Å²) in [5.74, 6) is -3.18. The van der Waals surface area contributed by atoms with Crippen LogP contribution in [0.4, 0.5) is 0 Å². The Morgan fingerprint density at radius 1 is 0.607 bits per heavy atom. The molecule has 1 aromatic heterocycles. The SMILES string of the molecule is ClP(CCc1cccnc1)(c1ccccc1)(c1ccccc1)c1ccccc1. The molecule has 0 radical (unpaired) electrons. The molecule has 0 bridgehead atoms. The fourth-order valence-electron chi connectivity index (χ4n) is 3.94. The van der Waals surface area contributed by atoms with Gasteiger partial charge in [0, 0.05) is 0 Å². The van der Waals surface area contributed by atoms with E-state index in [1.54, 1.807) is 0 Å². The van der Waals surface area contributed by atoms with Gasteiger partial charge in [0.25, 0.3) is 0 Å². The summed E-state index contributed by atoms with van der Waals surface area (Å²) in [6.07, 6.45) is 5.47. The Kier molecular flexibility index (Phi) is 5.31. The number of pyridine rings is 1. The molecule has 1 heterocycles. The van der Waals surface area contributed by atoms with Gasteiger partial charge in [-0.3, -0.25) is 0 Å². The maximum atomic E-state index is 8.03. The standard InChI is InChI=1S/C25H23ClNP/c26-28(23-12-4-1-5-13-23,24-14-6-2-7-15-24,25-16-8-3-9-17-25)20-18-22-11-10-19-27-21-22/h1-17,19,21H,18,20H2. The summed E-state index contributed by atoms with van der Waals surface area (Å²) in [6.45, 7) is 0. The summed E-state index contributed by atoms with van der Waals surface area (Å²) in [5, 5.41) is 3.62. The third-order valence-corrected chi connectivity index (χ3v) is 12.9. The Labute approximate surface area is 171 Å². The fraction of sp³-hybridized carbons (Fsp3) is 0.0800. The van der Waals surface area contributed by atoms with E-state index in [1.165, 1.54) is 21.5 Å². The van der Waals surface area contributed by atoms with Gasteiger partial charge in [0.1, 0.15) is 0 Å². The molecular formula is C25H23ClNP. The van der Waals surface area contributed by atoms with Gasteiger partial charge < -0.3 is 0 Å². The molecule has 0 N–H and O–H groups in total. The fourth-order valence-corrected chi connectivity index (χ4v) is 9.93. The molecule has 1 nitrogen and oxygen atoms in total. The van der Waals surface area contributed by atoms with Gasteiger partial charge in [0.15, 0.2) is 0 Å². The second-order valence-electron chi connectivity index (χ2n) is 7.02. The number of nitrogens with zero attached hydrogens (tertiary/aromatic N) is 1. The molecule has 0 aliphatic rings. The molecule has 4 aromatic rings. The zero-order valence-electron chi connectivity index (χ0n) is 15.7. The summed E-state index contributed by atoms with van der Waals surface area (Å²) in [6, 6.07) is 36.0. The topological polar surface area (TPSA) is 12.9 Å². The van der Waals surface area contributed by atoms with Crippen LogP contribution in [-0.4, -0.2) is 11.1 Å². The van der Waals surface area contributed by atoms with Crippen LogP contribution in [0.5, 0.6) is 0 Å². The van der Waals surface area contributed by atoms with Gasteiger partial charge in [-0.1, -0.05) is 0 Å². The van der Waals surface area contributed by atoms with Crippen molar-refractivity contribution < 1.29 is 0 Å². The molecule has 0 spiro atoms. The van der Waals surface area contributed by atoms with Crippen LogP contribution < -0.4 is 15.9 Å². The van der Waals surface area contributed by atoms with Crippen LogP contribution in [0, 0.1) is 0 Å². The van der Waals surface area contributed by atoms with Gasteiger partial charge in [-0.25, -0.2) is 0 Å². The summed E-state index contributed by atoms with van der Waals surface area (Å²) in [4.78, 5) is 4.30. The van der Waals surface area contributed by atoms with Crippen molar-refractivity contribution in [2.75, 3.05) is 6.16 Å². The predicted octanol–water partition coefficient (Wildman–Crippen LogP) is 5.31. The Bertz CT molecular complexity index is 922. The molecule has 3 aromatic carbocycles. The van der Waals surface area contributed by atoms with Gasteiger partial charge in [-0.05, 0) is 0 Å². The Hall–Kier alpha value is -2.47. The van der Waals surface area contributed by atoms with Crippen molar-refractivity contribution in [3.63, 3.8) is 0 Å². The predicted molar refractivity (Wildman–Crippen MR) is 124 cm³/mol. The minimum absolute atomic E-state index is 0.844. The Morgan fingerprint density at radius 2 is 1.07 bits per heavy atom. The Morgan fingerprint density at radius 3 is 1.46 bits per heavy atom. The van der Waals surface area contributed by atoms with Crippen molar-refractivity contribution in [1.82, 2.24) is 4.98 Å². The van der Waals surface area contributed by atoms with E-state index in [4.69, 9.17) is 11.2 Å². The van der Waals surface area contributed by atoms with E-state index < -0.39 is 5.96 Å². The molecule has 3 heteroatoms. The monoisotopic (exact) mass is 403 g/mol. The zero-order chi connectivity index (χ0) is 19.3. The molecule has 0 unspecified atom stereocenters. The van der Waals surface area contributed by atoms with Crippen LogP contribution in [0.15, 0.2) is 116 Å². The minimum atomic E-state index is -3.18.